The fourth-order valence-electron chi connectivity index (χ4n) is 2.64. The van der Waals surface area contributed by atoms with E-state index in [1.54, 1.807) is 14.2 Å². The Morgan fingerprint density at radius 1 is 1.21 bits per heavy atom. The Labute approximate surface area is 112 Å². The van der Waals surface area contributed by atoms with Crippen LogP contribution in [0.25, 0.3) is 11.0 Å². The normalized spacial score (nSPS) is 19.6. The molecule has 19 heavy (non-hydrogen) atoms. The van der Waals surface area contributed by atoms with Gasteiger partial charge in [0.1, 0.15) is 5.82 Å². The molecule has 5 heteroatoms. The van der Waals surface area contributed by atoms with Crippen LogP contribution in [0.3, 0.4) is 0 Å². The van der Waals surface area contributed by atoms with Crippen LogP contribution in [0.2, 0.25) is 0 Å². The smallest absolute Gasteiger partial charge is 0.163 e. The summed E-state index contributed by atoms with van der Waals surface area (Å²) in [5, 5.41) is 3.41. The van der Waals surface area contributed by atoms with Crippen molar-refractivity contribution in [3.05, 3.63) is 18.0 Å². The molecule has 1 aromatic heterocycles. The molecule has 1 aromatic carbocycles. The molecule has 1 aliphatic heterocycles. The highest BCUT2D eigenvalue weighted by Crippen LogP contribution is 2.32. The van der Waals surface area contributed by atoms with Crippen LogP contribution in [-0.2, 0) is 0 Å². The van der Waals surface area contributed by atoms with Gasteiger partial charge in [-0.2, -0.15) is 0 Å². The molecule has 0 spiro atoms. The number of rotatable bonds is 3. The lowest BCUT2D eigenvalue weighted by Crippen LogP contribution is -2.28. The summed E-state index contributed by atoms with van der Waals surface area (Å²) >= 11 is 0. The Bertz CT molecular complexity index is 532. The van der Waals surface area contributed by atoms with Crippen molar-refractivity contribution in [2.75, 3.05) is 27.3 Å². The summed E-state index contributed by atoms with van der Waals surface area (Å²) in [6.07, 6.45) is 2.38. The van der Waals surface area contributed by atoms with Gasteiger partial charge in [0.05, 0.1) is 25.3 Å². The van der Waals surface area contributed by atoms with Crippen molar-refractivity contribution in [3.8, 4) is 11.5 Å². The van der Waals surface area contributed by atoms with Crippen molar-refractivity contribution in [2.45, 2.75) is 18.8 Å². The molecule has 3 rings (SSSR count). The van der Waals surface area contributed by atoms with Gasteiger partial charge in [0, 0.05) is 24.6 Å². The zero-order valence-electron chi connectivity index (χ0n) is 11.3. The van der Waals surface area contributed by atoms with E-state index in [2.05, 4.69) is 15.3 Å². The van der Waals surface area contributed by atoms with Crippen LogP contribution >= 0.6 is 0 Å². The number of aromatic amines is 1. The Morgan fingerprint density at radius 3 is 2.68 bits per heavy atom. The predicted molar refractivity (Wildman–Crippen MR) is 74.0 cm³/mol. The highest BCUT2D eigenvalue weighted by atomic mass is 16.5. The van der Waals surface area contributed by atoms with Crippen molar-refractivity contribution >= 4 is 11.0 Å². The third-order valence-corrected chi connectivity index (χ3v) is 3.69. The van der Waals surface area contributed by atoms with Gasteiger partial charge in [-0.15, -0.1) is 0 Å². The van der Waals surface area contributed by atoms with Gasteiger partial charge >= 0.3 is 0 Å². The van der Waals surface area contributed by atoms with E-state index in [0.29, 0.717) is 5.92 Å². The van der Waals surface area contributed by atoms with E-state index in [4.69, 9.17) is 9.47 Å². The van der Waals surface area contributed by atoms with E-state index in [1.807, 2.05) is 12.1 Å². The fourth-order valence-corrected chi connectivity index (χ4v) is 2.64. The fraction of sp³-hybridized carbons (Fsp3) is 0.500. The lowest BCUT2D eigenvalue weighted by molar-refractivity contribution is 0.356. The highest BCUT2D eigenvalue weighted by molar-refractivity contribution is 5.79. The summed E-state index contributed by atoms with van der Waals surface area (Å²) < 4.78 is 10.6. The number of benzene rings is 1. The van der Waals surface area contributed by atoms with Gasteiger partial charge in [0.2, 0.25) is 0 Å². The van der Waals surface area contributed by atoms with Crippen LogP contribution in [0, 0.1) is 0 Å². The maximum Gasteiger partial charge on any atom is 0.163 e. The number of nitrogens with zero attached hydrogens (tertiary/aromatic N) is 1. The molecular weight excluding hydrogens is 242 g/mol. The van der Waals surface area contributed by atoms with E-state index in [9.17, 15) is 0 Å². The Morgan fingerprint density at radius 2 is 2.00 bits per heavy atom. The number of piperidine rings is 1. The van der Waals surface area contributed by atoms with Crippen molar-refractivity contribution in [1.82, 2.24) is 15.3 Å². The summed E-state index contributed by atoms with van der Waals surface area (Å²) in [6.45, 7) is 2.10. The Hall–Kier alpha value is -1.75. The Balaban J connectivity index is 1.99. The highest BCUT2D eigenvalue weighted by Gasteiger charge is 2.19. The number of aromatic nitrogens is 2. The molecule has 0 radical (unpaired) electrons. The third kappa shape index (κ3) is 2.26. The zero-order chi connectivity index (χ0) is 13.2. The molecule has 1 unspecified atom stereocenters. The first-order chi connectivity index (χ1) is 9.31. The molecule has 1 saturated heterocycles. The third-order valence-electron chi connectivity index (χ3n) is 3.69. The summed E-state index contributed by atoms with van der Waals surface area (Å²) in [4.78, 5) is 8.09. The number of imidazole rings is 1. The van der Waals surface area contributed by atoms with Gasteiger partial charge in [0.15, 0.2) is 11.5 Å². The van der Waals surface area contributed by atoms with Crippen molar-refractivity contribution < 1.29 is 9.47 Å². The van der Waals surface area contributed by atoms with E-state index in [1.165, 1.54) is 12.8 Å². The topological polar surface area (TPSA) is 59.2 Å². The second-order valence-corrected chi connectivity index (χ2v) is 4.89. The standard InChI is InChI=1S/C14H19N3O2/c1-18-12-6-10-11(7-13(12)19-2)17-14(16-10)9-4-3-5-15-8-9/h6-7,9,15H,3-5,8H2,1-2H3,(H,16,17). The van der Waals surface area contributed by atoms with Crippen LogP contribution in [0.4, 0.5) is 0 Å². The maximum absolute atomic E-state index is 5.31. The minimum atomic E-state index is 0.470. The van der Waals surface area contributed by atoms with Gasteiger partial charge in [-0.3, -0.25) is 0 Å². The molecule has 0 amide bonds. The van der Waals surface area contributed by atoms with Gasteiger partial charge in [-0.05, 0) is 19.4 Å². The molecule has 5 nitrogen and oxygen atoms in total. The van der Waals surface area contributed by atoms with Gasteiger partial charge < -0.3 is 19.8 Å². The molecule has 1 aliphatic rings. The second-order valence-electron chi connectivity index (χ2n) is 4.89. The number of hydrogen-bond acceptors (Lipinski definition) is 4. The van der Waals surface area contributed by atoms with Crippen LogP contribution < -0.4 is 14.8 Å². The van der Waals surface area contributed by atoms with E-state index in [-0.39, 0.29) is 0 Å². The molecule has 0 saturated carbocycles. The Kier molecular flexibility index (Phi) is 3.29. The zero-order valence-corrected chi connectivity index (χ0v) is 11.3. The number of ether oxygens (including phenoxy) is 2. The van der Waals surface area contributed by atoms with Crippen molar-refractivity contribution in [3.63, 3.8) is 0 Å². The number of methoxy groups -OCH3 is 2. The summed E-state index contributed by atoms with van der Waals surface area (Å²) in [6, 6.07) is 3.87. The maximum atomic E-state index is 5.31. The molecule has 0 aliphatic carbocycles. The van der Waals surface area contributed by atoms with Crippen LogP contribution in [0.5, 0.6) is 11.5 Å². The van der Waals surface area contributed by atoms with E-state index < -0.39 is 0 Å². The predicted octanol–water partition coefficient (Wildman–Crippen LogP) is 2.05. The number of fused-ring (bicyclic) bond motifs is 1. The average Bonchev–Trinajstić information content (AvgIpc) is 2.89. The molecule has 1 fully saturated rings. The van der Waals surface area contributed by atoms with Gasteiger partial charge in [-0.1, -0.05) is 0 Å². The van der Waals surface area contributed by atoms with Crippen molar-refractivity contribution in [1.29, 1.82) is 0 Å². The average molecular weight is 261 g/mol. The van der Waals surface area contributed by atoms with Crippen molar-refractivity contribution in [2.24, 2.45) is 0 Å². The van der Waals surface area contributed by atoms with Gasteiger partial charge in [0.25, 0.3) is 0 Å². The number of hydrogen-bond donors (Lipinski definition) is 2. The first kappa shape index (κ1) is 12.3. The first-order valence-electron chi connectivity index (χ1n) is 6.64. The summed E-state index contributed by atoms with van der Waals surface area (Å²) in [5.41, 5.74) is 1.93. The minimum Gasteiger partial charge on any atom is -0.493 e. The summed E-state index contributed by atoms with van der Waals surface area (Å²) in [5.74, 6) is 2.97. The summed E-state index contributed by atoms with van der Waals surface area (Å²) in [7, 11) is 3.29. The molecule has 1 atom stereocenters. The minimum absolute atomic E-state index is 0.470. The van der Waals surface area contributed by atoms with Crippen LogP contribution in [-0.4, -0.2) is 37.3 Å². The van der Waals surface area contributed by atoms with Crippen LogP contribution in [0.15, 0.2) is 12.1 Å². The quantitative estimate of drug-likeness (QED) is 0.887. The van der Waals surface area contributed by atoms with Crippen LogP contribution in [0.1, 0.15) is 24.6 Å². The lowest BCUT2D eigenvalue weighted by Gasteiger charge is -2.20. The molecule has 0 bridgehead atoms. The van der Waals surface area contributed by atoms with E-state index in [0.717, 1.165) is 41.4 Å². The monoisotopic (exact) mass is 261 g/mol. The largest absolute Gasteiger partial charge is 0.493 e. The first-order valence-corrected chi connectivity index (χ1v) is 6.64. The van der Waals surface area contributed by atoms with E-state index >= 15 is 0 Å². The molecular formula is C14H19N3O2. The number of H-pyrrole nitrogens is 1. The lowest BCUT2D eigenvalue weighted by atomic mass is 9.99. The molecule has 2 heterocycles. The molecule has 2 N–H and O–H groups in total. The SMILES string of the molecule is COc1cc2nc(C3CCCNC3)[nH]c2cc1OC. The van der Waals surface area contributed by atoms with Gasteiger partial charge in [-0.25, -0.2) is 4.98 Å². The second kappa shape index (κ2) is 5.09. The number of nitrogens with one attached hydrogen (secondary N) is 2. The molecule has 102 valence electrons. The molecule has 2 aromatic rings.